The summed E-state index contributed by atoms with van der Waals surface area (Å²) in [4.78, 5) is 4.08. The number of methoxy groups -OCH3 is 1. The van der Waals surface area contributed by atoms with Crippen LogP contribution in [-0.2, 0) is 0 Å². The molecule has 0 atom stereocenters. The van der Waals surface area contributed by atoms with Crippen molar-refractivity contribution >= 4 is 11.8 Å². The molecule has 3 rings (SSSR count). The van der Waals surface area contributed by atoms with Crippen molar-refractivity contribution in [1.29, 1.82) is 0 Å². The van der Waals surface area contributed by atoms with Gasteiger partial charge in [-0.3, -0.25) is 4.98 Å². The van der Waals surface area contributed by atoms with E-state index in [1.807, 2.05) is 30.3 Å². The molecule has 0 saturated heterocycles. The zero-order valence-corrected chi connectivity index (χ0v) is 11.3. The lowest BCUT2D eigenvalue weighted by atomic mass is 10.1. The van der Waals surface area contributed by atoms with E-state index in [-0.39, 0.29) is 0 Å². The van der Waals surface area contributed by atoms with Gasteiger partial charge in [0.25, 0.3) is 0 Å². The van der Waals surface area contributed by atoms with Crippen LogP contribution < -0.4 is 14.8 Å². The quantitative estimate of drug-likeness (QED) is 0.925. The second-order valence-electron chi connectivity index (χ2n) is 4.59. The van der Waals surface area contributed by atoms with Gasteiger partial charge in [0.1, 0.15) is 18.1 Å². The van der Waals surface area contributed by atoms with Crippen molar-refractivity contribution in [2.24, 2.45) is 0 Å². The minimum absolute atomic E-state index is 0.604. The molecule has 4 nitrogen and oxygen atoms in total. The zero-order valence-electron chi connectivity index (χ0n) is 11.3. The fourth-order valence-electron chi connectivity index (χ4n) is 2.11. The van der Waals surface area contributed by atoms with Crippen LogP contribution in [0.4, 0.5) is 5.69 Å². The second kappa shape index (κ2) is 5.65. The maximum atomic E-state index is 5.74. The lowest BCUT2D eigenvalue weighted by Gasteiger charge is -2.19. The summed E-state index contributed by atoms with van der Waals surface area (Å²) in [5.74, 6) is 1.74. The van der Waals surface area contributed by atoms with Gasteiger partial charge in [-0.1, -0.05) is 0 Å². The van der Waals surface area contributed by atoms with E-state index < -0.39 is 0 Å². The number of hydrogen-bond donors (Lipinski definition) is 1. The van der Waals surface area contributed by atoms with Crippen LogP contribution in [0.3, 0.4) is 0 Å². The van der Waals surface area contributed by atoms with Crippen LogP contribution in [0.5, 0.6) is 11.5 Å². The number of benzene rings is 1. The molecule has 0 aliphatic carbocycles. The Morgan fingerprint density at radius 2 is 2.30 bits per heavy atom. The number of nitrogens with zero attached hydrogens (tertiary/aromatic N) is 1. The maximum absolute atomic E-state index is 5.74. The summed E-state index contributed by atoms with van der Waals surface area (Å²) < 4.78 is 11.0. The normalized spacial score (nSPS) is 12.9. The van der Waals surface area contributed by atoms with Gasteiger partial charge in [0.05, 0.1) is 12.8 Å². The second-order valence-corrected chi connectivity index (χ2v) is 4.59. The Balaban J connectivity index is 1.73. The third-order valence-corrected chi connectivity index (χ3v) is 3.17. The third-order valence-electron chi connectivity index (χ3n) is 3.17. The molecule has 0 bridgehead atoms. The van der Waals surface area contributed by atoms with E-state index in [4.69, 9.17) is 9.47 Å². The first kappa shape index (κ1) is 12.5. The first-order valence-corrected chi connectivity index (χ1v) is 6.49. The van der Waals surface area contributed by atoms with Crippen LogP contribution in [0.1, 0.15) is 5.56 Å². The highest BCUT2D eigenvalue weighted by atomic mass is 16.5. The highest BCUT2D eigenvalue weighted by molar-refractivity contribution is 5.65. The fraction of sp³-hybridized carbons (Fsp3) is 0.188. The first-order valence-electron chi connectivity index (χ1n) is 6.49. The summed E-state index contributed by atoms with van der Waals surface area (Å²) >= 11 is 0. The number of rotatable bonds is 4. The van der Waals surface area contributed by atoms with E-state index in [0.717, 1.165) is 29.3 Å². The van der Waals surface area contributed by atoms with E-state index >= 15 is 0 Å². The van der Waals surface area contributed by atoms with Crippen LogP contribution in [0.2, 0.25) is 0 Å². The summed E-state index contributed by atoms with van der Waals surface area (Å²) in [5.41, 5.74) is 3.25. The monoisotopic (exact) mass is 268 g/mol. The van der Waals surface area contributed by atoms with Crippen molar-refractivity contribution in [2.75, 3.05) is 25.6 Å². The molecule has 4 heteroatoms. The van der Waals surface area contributed by atoms with Gasteiger partial charge in [-0.2, -0.15) is 0 Å². The van der Waals surface area contributed by atoms with E-state index in [9.17, 15) is 0 Å². The number of anilines is 1. The SMILES string of the molecule is COc1ccc2c(c1)C=C(CNc1cccnc1)CO2. The predicted molar refractivity (Wildman–Crippen MR) is 79.2 cm³/mol. The van der Waals surface area contributed by atoms with Crippen LogP contribution in [0.15, 0.2) is 48.3 Å². The van der Waals surface area contributed by atoms with Gasteiger partial charge in [-0.05, 0) is 42.0 Å². The topological polar surface area (TPSA) is 43.4 Å². The van der Waals surface area contributed by atoms with Crippen LogP contribution >= 0.6 is 0 Å². The highest BCUT2D eigenvalue weighted by Crippen LogP contribution is 2.29. The smallest absolute Gasteiger partial charge is 0.127 e. The molecule has 2 aromatic rings. The van der Waals surface area contributed by atoms with Crippen molar-refractivity contribution in [3.63, 3.8) is 0 Å². The Morgan fingerprint density at radius 1 is 1.35 bits per heavy atom. The van der Waals surface area contributed by atoms with Gasteiger partial charge >= 0.3 is 0 Å². The predicted octanol–water partition coefficient (Wildman–Crippen LogP) is 2.98. The van der Waals surface area contributed by atoms with E-state index in [1.165, 1.54) is 5.57 Å². The van der Waals surface area contributed by atoms with E-state index in [0.29, 0.717) is 6.61 Å². The molecule has 20 heavy (non-hydrogen) atoms. The van der Waals surface area contributed by atoms with Crippen LogP contribution in [0, 0.1) is 0 Å². The minimum atomic E-state index is 0.604. The maximum Gasteiger partial charge on any atom is 0.127 e. The number of pyridine rings is 1. The standard InChI is InChI=1S/C16H16N2O2/c1-19-15-4-5-16-13(8-15)7-12(11-20-16)9-18-14-3-2-6-17-10-14/h2-8,10,18H,9,11H2,1H3. The lowest BCUT2D eigenvalue weighted by Crippen LogP contribution is -2.14. The average molecular weight is 268 g/mol. The number of aromatic nitrogens is 1. The highest BCUT2D eigenvalue weighted by Gasteiger charge is 2.12. The summed E-state index contributed by atoms with van der Waals surface area (Å²) in [5, 5.41) is 3.33. The van der Waals surface area contributed by atoms with Crippen molar-refractivity contribution in [2.45, 2.75) is 0 Å². The van der Waals surface area contributed by atoms with Crippen molar-refractivity contribution in [3.05, 3.63) is 53.9 Å². The zero-order chi connectivity index (χ0) is 13.8. The van der Waals surface area contributed by atoms with E-state index in [2.05, 4.69) is 16.4 Å². The van der Waals surface area contributed by atoms with Crippen molar-refractivity contribution < 1.29 is 9.47 Å². The molecule has 1 N–H and O–H groups in total. The fourth-order valence-corrected chi connectivity index (χ4v) is 2.11. The van der Waals surface area contributed by atoms with Gasteiger partial charge in [-0.25, -0.2) is 0 Å². The molecular formula is C16H16N2O2. The van der Waals surface area contributed by atoms with Crippen LogP contribution in [0.25, 0.3) is 6.08 Å². The number of hydrogen-bond acceptors (Lipinski definition) is 4. The molecule has 102 valence electrons. The molecule has 0 spiro atoms. The average Bonchev–Trinajstić information content (AvgIpc) is 2.53. The van der Waals surface area contributed by atoms with Crippen LogP contribution in [-0.4, -0.2) is 25.2 Å². The molecule has 0 unspecified atom stereocenters. The molecule has 0 amide bonds. The Morgan fingerprint density at radius 3 is 3.10 bits per heavy atom. The third kappa shape index (κ3) is 2.74. The Kier molecular flexibility index (Phi) is 3.54. The molecule has 1 aromatic heterocycles. The van der Waals surface area contributed by atoms with Crippen molar-refractivity contribution in [3.8, 4) is 11.5 Å². The molecule has 1 aliphatic rings. The Bertz CT molecular complexity index is 624. The summed E-state index contributed by atoms with van der Waals surface area (Å²) in [6.45, 7) is 1.34. The van der Waals surface area contributed by atoms with Gasteiger partial charge < -0.3 is 14.8 Å². The molecule has 0 radical (unpaired) electrons. The molecule has 0 fully saturated rings. The minimum Gasteiger partial charge on any atom is -0.497 e. The Hall–Kier alpha value is -2.49. The summed E-state index contributed by atoms with van der Waals surface area (Å²) in [7, 11) is 1.67. The number of fused-ring (bicyclic) bond motifs is 1. The Labute approximate surface area is 118 Å². The first-order chi connectivity index (χ1) is 9.85. The number of ether oxygens (including phenoxy) is 2. The molecule has 0 saturated carbocycles. The molecule has 1 aromatic carbocycles. The number of nitrogens with one attached hydrogen (secondary N) is 1. The van der Waals surface area contributed by atoms with Crippen molar-refractivity contribution in [1.82, 2.24) is 4.98 Å². The summed E-state index contributed by atoms with van der Waals surface area (Å²) in [6.07, 6.45) is 5.71. The van der Waals surface area contributed by atoms with Gasteiger partial charge in [0.2, 0.25) is 0 Å². The molecule has 2 heterocycles. The van der Waals surface area contributed by atoms with E-state index in [1.54, 1.807) is 19.5 Å². The summed E-state index contributed by atoms with van der Waals surface area (Å²) in [6, 6.07) is 9.74. The van der Waals surface area contributed by atoms with Gasteiger partial charge in [0, 0.05) is 24.5 Å². The molecular weight excluding hydrogens is 252 g/mol. The molecule has 1 aliphatic heterocycles. The largest absolute Gasteiger partial charge is 0.497 e. The van der Waals surface area contributed by atoms with Gasteiger partial charge in [-0.15, -0.1) is 0 Å². The van der Waals surface area contributed by atoms with Gasteiger partial charge in [0.15, 0.2) is 0 Å². The lowest BCUT2D eigenvalue weighted by molar-refractivity contribution is 0.344.